The lowest BCUT2D eigenvalue weighted by Crippen LogP contribution is -2.30. The van der Waals surface area contributed by atoms with Crippen LogP contribution in [-0.2, 0) is 6.54 Å². The lowest BCUT2D eigenvalue weighted by Gasteiger charge is -2.21. The van der Waals surface area contributed by atoms with Crippen LogP contribution in [0.2, 0.25) is 0 Å². The molecule has 2 aromatic rings. The zero-order chi connectivity index (χ0) is 14.5. The second-order valence-electron chi connectivity index (χ2n) is 4.39. The summed E-state index contributed by atoms with van der Waals surface area (Å²) in [4.78, 5) is 1.87. The van der Waals surface area contributed by atoms with Crippen LogP contribution in [0.25, 0.3) is 0 Å². The topological polar surface area (TPSA) is 15.3 Å². The van der Waals surface area contributed by atoms with Crippen molar-refractivity contribution >= 4 is 38.9 Å². The van der Waals surface area contributed by atoms with Crippen molar-refractivity contribution in [3.63, 3.8) is 0 Å². The van der Waals surface area contributed by atoms with Crippen LogP contribution in [0.5, 0.6) is 0 Å². The molecule has 0 aliphatic heterocycles. The second-order valence-corrected chi connectivity index (χ2v) is 5.69. The highest BCUT2D eigenvalue weighted by Gasteiger charge is 2.08. The molecule has 0 fully saturated rings. The van der Waals surface area contributed by atoms with Gasteiger partial charge in [-0.3, -0.25) is 0 Å². The quantitative estimate of drug-likeness (QED) is 0.823. The maximum atomic E-state index is 13.5. The van der Waals surface area contributed by atoms with Gasteiger partial charge in [-0.25, -0.2) is 4.39 Å². The highest BCUT2D eigenvalue weighted by atomic mass is 79.9. The molecule has 0 radical (unpaired) electrons. The van der Waals surface area contributed by atoms with Crippen LogP contribution in [0.3, 0.4) is 0 Å². The molecule has 104 valence electrons. The molecule has 5 heteroatoms. The Morgan fingerprint density at radius 2 is 1.85 bits per heavy atom. The summed E-state index contributed by atoms with van der Waals surface area (Å²) >= 11 is 8.68. The Morgan fingerprint density at radius 3 is 2.50 bits per heavy atom. The summed E-state index contributed by atoms with van der Waals surface area (Å²) in [6.45, 7) is 0.660. The lowest BCUT2D eigenvalue weighted by molar-refractivity contribution is 0.508. The Morgan fingerprint density at radius 1 is 1.20 bits per heavy atom. The van der Waals surface area contributed by atoms with Crippen LogP contribution in [0, 0.1) is 5.82 Å². The molecular formula is C15H14BrFN2S. The molecule has 0 saturated carbocycles. The summed E-state index contributed by atoms with van der Waals surface area (Å²) in [5, 5.41) is 3.40. The number of thiocarbonyl (C=S) groups is 1. The minimum Gasteiger partial charge on any atom is -0.348 e. The van der Waals surface area contributed by atoms with Gasteiger partial charge in [-0.15, -0.1) is 0 Å². The van der Waals surface area contributed by atoms with Crippen molar-refractivity contribution in [2.45, 2.75) is 6.54 Å². The zero-order valence-corrected chi connectivity index (χ0v) is 13.3. The van der Waals surface area contributed by atoms with E-state index in [2.05, 4.69) is 21.2 Å². The summed E-state index contributed by atoms with van der Waals surface area (Å²) in [7, 11) is 1.87. The average Bonchev–Trinajstić information content (AvgIpc) is 2.44. The molecule has 0 aromatic heterocycles. The minimum atomic E-state index is -0.313. The molecule has 0 saturated heterocycles. The van der Waals surface area contributed by atoms with E-state index in [1.165, 1.54) is 6.07 Å². The molecule has 0 aliphatic carbocycles. The molecule has 0 heterocycles. The molecule has 0 atom stereocenters. The maximum Gasteiger partial charge on any atom is 0.173 e. The summed E-state index contributed by atoms with van der Waals surface area (Å²) in [6.07, 6.45) is 0. The predicted octanol–water partition coefficient (Wildman–Crippen LogP) is 4.42. The second kappa shape index (κ2) is 6.81. The summed E-state index contributed by atoms with van der Waals surface area (Å²) in [6, 6.07) is 14.5. The number of benzene rings is 2. The summed E-state index contributed by atoms with van der Waals surface area (Å²) in [5.74, 6) is -0.313. The van der Waals surface area contributed by atoms with E-state index < -0.39 is 0 Å². The molecule has 2 aromatic carbocycles. The number of rotatable bonds is 3. The van der Waals surface area contributed by atoms with Gasteiger partial charge in [0.1, 0.15) is 5.82 Å². The molecule has 1 N–H and O–H groups in total. The van der Waals surface area contributed by atoms with E-state index in [0.29, 0.717) is 17.3 Å². The van der Waals surface area contributed by atoms with Gasteiger partial charge in [-0.1, -0.05) is 40.2 Å². The third-order valence-electron chi connectivity index (χ3n) is 2.80. The van der Waals surface area contributed by atoms with Gasteiger partial charge in [-0.05, 0) is 42.0 Å². The van der Waals surface area contributed by atoms with Crippen molar-refractivity contribution in [1.29, 1.82) is 0 Å². The third kappa shape index (κ3) is 4.02. The SMILES string of the molecule is CN(Cc1ccc(Br)cc1)C(=S)Nc1ccccc1F. The fourth-order valence-electron chi connectivity index (χ4n) is 1.71. The van der Waals surface area contributed by atoms with E-state index in [0.717, 1.165) is 10.0 Å². The van der Waals surface area contributed by atoms with Gasteiger partial charge in [-0.2, -0.15) is 0 Å². The Labute approximate surface area is 131 Å². The van der Waals surface area contributed by atoms with Gasteiger partial charge >= 0.3 is 0 Å². The van der Waals surface area contributed by atoms with Crippen molar-refractivity contribution in [2.24, 2.45) is 0 Å². The number of para-hydroxylation sites is 1. The molecular weight excluding hydrogens is 339 g/mol. The molecule has 2 rings (SSSR count). The average molecular weight is 353 g/mol. The van der Waals surface area contributed by atoms with Gasteiger partial charge in [0.2, 0.25) is 0 Å². The summed E-state index contributed by atoms with van der Waals surface area (Å²) in [5.41, 5.74) is 1.52. The first-order valence-electron chi connectivity index (χ1n) is 6.07. The van der Waals surface area contributed by atoms with Crippen LogP contribution >= 0.6 is 28.1 Å². The van der Waals surface area contributed by atoms with Gasteiger partial charge in [0, 0.05) is 18.1 Å². The van der Waals surface area contributed by atoms with E-state index in [9.17, 15) is 4.39 Å². The monoisotopic (exact) mass is 352 g/mol. The van der Waals surface area contributed by atoms with Gasteiger partial charge in [0.05, 0.1) is 5.69 Å². The molecule has 0 unspecified atom stereocenters. The van der Waals surface area contributed by atoms with E-state index in [1.807, 2.05) is 36.2 Å². The first kappa shape index (κ1) is 14.9. The molecule has 2 nitrogen and oxygen atoms in total. The van der Waals surface area contributed by atoms with E-state index >= 15 is 0 Å². The number of nitrogens with one attached hydrogen (secondary N) is 1. The van der Waals surface area contributed by atoms with Crippen LogP contribution in [0.4, 0.5) is 10.1 Å². The fourth-order valence-corrected chi connectivity index (χ4v) is 2.15. The van der Waals surface area contributed by atoms with Crippen LogP contribution in [0.15, 0.2) is 53.0 Å². The highest BCUT2D eigenvalue weighted by molar-refractivity contribution is 9.10. The largest absolute Gasteiger partial charge is 0.348 e. The van der Waals surface area contributed by atoms with Crippen molar-refractivity contribution in [1.82, 2.24) is 4.90 Å². The van der Waals surface area contributed by atoms with E-state index in [4.69, 9.17) is 12.2 Å². The Bertz CT molecular complexity index is 601. The number of anilines is 1. The first-order chi connectivity index (χ1) is 9.56. The van der Waals surface area contributed by atoms with Crippen molar-refractivity contribution in [3.05, 3.63) is 64.4 Å². The van der Waals surface area contributed by atoms with Crippen LogP contribution in [-0.4, -0.2) is 17.1 Å². The maximum absolute atomic E-state index is 13.5. The smallest absolute Gasteiger partial charge is 0.173 e. The van der Waals surface area contributed by atoms with Crippen molar-refractivity contribution < 1.29 is 4.39 Å². The van der Waals surface area contributed by atoms with Gasteiger partial charge in [0.15, 0.2) is 5.11 Å². The molecule has 0 bridgehead atoms. The Balaban J connectivity index is 1.99. The van der Waals surface area contributed by atoms with Gasteiger partial charge in [0.25, 0.3) is 0 Å². The van der Waals surface area contributed by atoms with Crippen molar-refractivity contribution in [2.75, 3.05) is 12.4 Å². The normalized spacial score (nSPS) is 10.2. The third-order valence-corrected chi connectivity index (χ3v) is 3.74. The van der Waals surface area contributed by atoms with Crippen LogP contribution < -0.4 is 5.32 Å². The standard InChI is InChI=1S/C15H14BrFN2S/c1-19(10-11-6-8-12(16)9-7-11)15(20)18-14-5-3-2-4-13(14)17/h2-9H,10H2,1H3,(H,18,20). The number of hydrogen-bond donors (Lipinski definition) is 1. The number of nitrogens with zero attached hydrogens (tertiary/aromatic N) is 1. The zero-order valence-electron chi connectivity index (χ0n) is 10.9. The Hall–Kier alpha value is -1.46. The minimum absolute atomic E-state index is 0.313. The first-order valence-corrected chi connectivity index (χ1v) is 7.27. The molecule has 0 amide bonds. The molecule has 0 aliphatic rings. The number of hydrogen-bond acceptors (Lipinski definition) is 1. The highest BCUT2D eigenvalue weighted by Crippen LogP contribution is 2.15. The van der Waals surface area contributed by atoms with Crippen molar-refractivity contribution in [3.8, 4) is 0 Å². The summed E-state index contributed by atoms with van der Waals surface area (Å²) < 4.78 is 14.6. The van der Waals surface area contributed by atoms with E-state index in [1.54, 1.807) is 18.2 Å². The lowest BCUT2D eigenvalue weighted by atomic mass is 10.2. The fraction of sp³-hybridized carbons (Fsp3) is 0.133. The predicted molar refractivity (Wildman–Crippen MR) is 88.2 cm³/mol. The number of halogens is 2. The molecule has 20 heavy (non-hydrogen) atoms. The van der Waals surface area contributed by atoms with Gasteiger partial charge < -0.3 is 10.2 Å². The van der Waals surface area contributed by atoms with E-state index in [-0.39, 0.29) is 5.82 Å². The van der Waals surface area contributed by atoms with Crippen LogP contribution in [0.1, 0.15) is 5.56 Å². The molecule has 0 spiro atoms. The Kier molecular flexibility index (Phi) is 5.09.